The summed E-state index contributed by atoms with van der Waals surface area (Å²) in [6, 6.07) is 7.68. The maximum absolute atomic E-state index is 12.6. The predicted octanol–water partition coefficient (Wildman–Crippen LogP) is 2.92. The molecule has 1 aromatic carbocycles. The molecule has 102 valence electrons. The molecule has 4 N–H and O–H groups in total. The molecule has 1 aromatic heterocycles. The highest BCUT2D eigenvalue weighted by molar-refractivity contribution is 5.59. The van der Waals surface area contributed by atoms with Gasteiger partial charge in [0.25, 0.3) is 0 Å². The van der Waals surface area contributed by atoms with Crippen LogP contribution in [0.1, 0.15) is 17.4 Å². The van der Waals surface area contributed by atoms with Crippen molar-refractivity contribution in [3.8, 4) is 11.3 Å². The van der Waals surface area contributed by atoms with Gasteiger partial charge in [-0.1, -0.05) is 12.1 Å². The molecule has 0 bridgehead atoms. The van der Waals surface area contributed by atoms with Crippen molar-refractivity contribution in [3.63, 3.8) is 0 Å². The summed E-state index contributed by atoms with van der Waals surface area (Å²) in [6.45, 7) is 0.204. The molecule has 0 spiro atoms. The van der Waals surface area contributed by atoms with Crippen LogP contribution in [0.25, 0.3) is 11.3 Å². The van der Waals surface area contributed by atoms with Crippen LogP contribution in [0.3, 0.4) is 0 Å². The minimum atomic E-state index is -4.38. The van der Waals surface area contributed by atoms with Crippen LogP contribution in [0.2, 0.25) is 0 Å². The lowest BCUT2D eigenvalue weighted by atomic mass is 10.1. The smallest absolute Gasteiger partial charge is 0.416 e. The third-order valence-corrected chi connectivity index (χ3v) is 2.72. The molecule has 2 aromatic rings. The fourth-order valence-electron chi connectivity index (χ4n) is 1.67. The first-order valence-corrected chi connectivity index (χ1v) is 5.65. The molecule has 19 heavy (non-hydrogen) atoms. The van der Waals surface area contributed by atoms with Crippen LogP contribution in [0, 0.1) is 0 Å². The van der Waals surface area contributed by atoms with Gasteiger partial charge in [0.15, 0.2) is 0 Å². The first-order valence-electron chi connectivity index (χ1n) is 5.65. The summed E-state index contributed by atoms with van der Waals surface area (Å²) in [7, 11) is 0. The number of furan rings is 1. The monoisotopic (exact) mass is 270 g/mol. The van der Waals surface area contributed by atoms with Crippen LogP contribution >= 0.6 is 0 Å². The molecule has 6 heteroatoms. The first-order chi connectivity index (χ1) is 8.91. The van der Waals surface area contributed by atoms with Crippen LogP contribution in [0.15, 0.2) is 40.8 Å². The molecule has 0 amide bonds. The Bertz CT molecular complexity index is 563. The van der Waals surface area contributed by atoms with Crippen LogP contribution in [-0.4, -0.2) is 6.54 Å². The first kappa shape index (κ1) is 13.6. The lowest BCUT2D eigenvalue weighted by molar-refractivity contribution is -0.137. The van der Waals surface area contributed by atoms with Crippen LogP contribution in [0.4, 0.5) is 13.2 Å². The van der Waals surface area contributed by atoms with Gasteiger partial charge in [0.2, 0.25) is 0 Å². The number of benzene rings is 1. The number of nitrogens with two attached hydrogens (primary N) is 2. The number of halogens is 3. The number of hydrogen-bond donors (Lipinski definition) is 2. The van der Waals surface area contributed by atoms with Crippen molar-refractivity contribution < 1.29 is 17.6 Å². The van der Waals surface area contributed by atoms with E-state index in [1.54, 1.807) is 18.2 Å². The molecule has 0 radical (unpaired) electrons. The summed E-state index contributed by atoms with van der Waals surface area (Å²) in [5.74, 6) is 0.792. The van der Waals surface area contributed by atoms with Crippen molar-refractivity contribution >= 4 is 0 Å². The molecule has 0 fully saturated rings. The number of rotatable bonds is 3. The Morgan fingerprint density at radius 1 is 1.16 bits per heavy atom. The highest BCUT2D eigenvalue weighted by Crippen LogP contribution is 2.33. The van der Waals surface area contributed by atoms with Crippen molar-refractivity contribution in [2.45, 2.75) is 12.2 Å². The van der Waals surface area contributed by atoms with Gasteiger partial charge in [-0.15, -0.1) is 0 Å². The molecule has 0 aliphatic rings. The molecule has 0 aliphatic carbocycles. The summed E-state index contributed by atoms with van der Waals surface area (Å²) < 4.78 is 43.2. The van der Waals surface area contributed by atoms with Crippen LogP contribution in [-0.2, 0) is 6.18 Å². The van der Waals surface area contributed by atoms with E-state index in [1.165, 1.54) is 6.07 Å². The topological polar surface area (TPSA) is 65.2 Å². The van der Waals surface area contributed by atoms with E-state index in [-0.39, 0.29) is 6.54 Å². The van der Waals surface area contributed by atoms with Gasteiger partial charge in [-0.05, 0) is 24.3 Å². The zero-order valence-electron chi connectivity index (χ0n) is 9.95. The molecule has 1 unspecified atom stereocenters. The lowest BCUT2D eigenvalue weighted by Crippen LogP contribution is -2.19. The third kappa shape index (κ3) is 2.97. The Labute approximate surface area is 108 Å². The highest BCUT2D eigenvalue weighted by atomic mass is 19.4. The minimum Gasteiger partial charge on any atom is -0.459 e. The Morgan fingerprint density at radius 3 is 2.53 bits per heavy atom. The molecule has 0 saturated heterocycles. The van der Waals surface area contributed by atoms with Crippen molar-refractivity contribution in [2.24, 2.45) is 11.5 Å². The molecule has 1 atom stereocenters. The molecular formula is C13H13F3N2O. The molecular weight excluding hydrogens is 257 g/mol. The summed E-state index contributed by atoms with van der Waals surface area (Å²) in [5, 5.41) is 0. The zero-order chi connectivity index (χ0) is 14.0. The van der Waals surface area contributed by atoms with E-state index in [9.17, 15) is 13.2 Å². The molecule has 0 saturated carbocycles. The van der Waals surface area contributed by atoms with Crippen molar-refractivity contribution in [2.75, 3.05) is 6.54 Å². The van der Waals surface area contributed by atoms with Gasteiger partial charge in [-0.2, -0.15) is 13.2 Å². The summed E-state index contributed by atoms with van der Waals surface area (Å²) in [4.78, 5) is 0. The molecule has 2 rings (SSSR count). The maximum Gasteiger partial charge on any atom is 0.416 e. The normalized spacial score (nSPS) is 13.5. The molecule has 3 nitrogen and oxygen atoms in total. The van der Waals surface area contributed by atoms with Gasteiger partial charge < -0.3 is 15.9 Å². The van der Waals surface area contributed by atoms with E-state index >= 15 is 0 Å². The average Bonchev–Trinajstić information content (AvgIpc) is 2.86. The van der Waals surface area contributed by atoms with E-state index in [1.807, 2.05) is 0 Å². The predicted molar refractivity (Wildman–Crippen MR) is 65.1 cm³/mol. The second kappa shape index (κ2) is 5.07. The average molecular weight is 270 g/mol. The van der Waals surface area contributed by atoms with Crippen molar-refractivity contribution in [1.29, 1.82) is 0 Å². The molecule has 1 heterocycles. The van der Waals surface area contributed by atoms with Crippen molar-refractivity contribution in [3.05, 3.63) is 47.7 Å². The van der Waals surface area contributed by atoms with E-state index in [2.05, 4.69) is 0 Å². The largest absolute Gasteiger partial charge is 0.459 e. The maximum atomic E-state index is 12.6. The zero-order valence-corrected chi connectivity index (χ0v) is 9.95. The van der Waals surface area contributed by atoms with Crippen LogP contribution in [0.5, 0.6) is 0 Å². The Hall–Kier alpha value is -1.79. The highest BCUT2D eigenvalue weighted by Gasteiger charge is 2.30. The second-order valence-corrected chi connectivity index (χ2v) is 4.12. The fraction of sp³-hybridized carbons (Fsp3) is 0.231. The Balaban J connectivity index is 2.34. The van der Waals surface area contributed by atoms with E-state index in [0.717, 1.165) is 12.1 Å². The second-order valence-electron chi connectivity index (χ2n) is 4.12. The van der Waals surface area contributed by atoms with E-state index < -0.39 is 17.8 Å². The minimum absolute atomic E-state index is 0.204. The van der Waals surface area contributed by atoms with Gasteiger partial charge in [0.05, 0.1) is 11.6 Å². The standard InChI is InChI=1S/C13H13F3N2O/c14-13(15,16)9-3-1-2-8(6-9)11-4-5-12(19-11)10(18)7-17/h1-6,10H,7,17-18H2. The van der Waals surface area contributed by atoms with Gasteiger partial charge >= 0.3 is 6.18 Å². The fourth-order valence-corrected chi connectivity index (χ4v) is 1.67. The van der Waals surface area contributed by atoms with E-state index in [0.29, 0.717) is 17.1 Å². The van der Waals surface area contributed by atoms with Gasteiger partial charge in [-0.25, -0.2) is 0 Å². The van der Waals surface area contributed by atoms with Gasteiger partial charge in [0, 0.05) is 12.1 Å². The van der Waals surface area contributed by atoms with Gasteiger partial charge in [0.1, 0.15) is 11.5 Å². The number of alkyl halides is 3. The Morgan fingerprint density at radius 2 is 1.89 bits per heavy atom. The summed E-state index contributed by atoms with van der Waals surface area (Å²) in [6.07, 6.45) is -4.38. The lowest BCUT2D eigenvalue weighted by Gasteiger charge is -2.08. The van der Waals surface area contributed by atoms with E-state index in [4.69, 9.17) is 15.9 Å². The summed E-state index contributed by atoms with van der Waals surface area (Å²) in [5.41, 5.74) is 10.7. The van der Waals surface area contributed by atoms with Gasteiger partial charge in [-0.3, -0.25) is 0 Å². The van der Waals surface area contributed by atoms with Crippen LogP contribution < -0.4 is 11.5 Å². The SMILES string of the molecule is NCC(N)c1ccc(-c2cccc(C(F)(F)F)c2)o1. The quantitative estimate of drug-likeness (QED) is 0.901. The molecule has 0 aliphatic heterocycles. The van der Waals surface area contributed by atoms with Crippen molar-refractivity contribution in [1.82, 2.24) is 0 Å². The summed E-state index contributed by atoms with van der Waals surface area (Å²) >= 11 is 0. The third-order valence-electron chi connectivity index (χ3n) is 2.72. The number of hydrogen-bond acceptors (Lipinski definition) is 3. The Kier molecular flexibility index (Phi) is 3.64.